The van der Waals surface area contributed by atoms with Gasteiger partial charge in [0.1, 0.15) is 23.2 Å². The van der Waals surface area contributed by atoms with Crippen LogP contribution in [0.5, 0.6) is 5.75 Å². The first-order chi connectivity index (χ1) is 15.5. The van der Waals surface area contributed by atoms with Gasteiger partial charge in [0.2, 0.25) is 0 Å². The summed E-state index contributed by atoms with van der Waals surface area (Å²) in [5.74, 6) is 0.793. The first-order valence-electron chi connectivity index (χ1n) is 10.7. The van der Waals surface area contributed by atoms with E-state index in [1.165, 1.54) is 10.9 Å². The molecule has 6 nitrogen and oxygen atoms in total. The number of aromatic nitrogens is 2. The van der Waals surface area contributed by atoms with Crippen LogP contribution in [0.4, 0.5) is 20.3 Å². The van der Waals surface area contributed by atoms with Crippen molar-refractivity contribution in [3.8, 4) is 5.75 Å². The third-order valence-electron chi connectivity index (χ3n) is 6.36. The Morgan fingerprint density at radius 3 is 2.66 bits per heavy atom. The Bertz CT molecular complexity index is 1150. The van der Waals surface area contributed by atoms with Gasteiger partial charge in [0.25, 0.3) is 12.3 Å². The quantitative estimate of drug-likeness (QED) is 0.633. The summed E-state index contributed by atoms with van der Waals surface area (Å²) < 4.78 is 34.4. The first kappa shape index (κ1) is 20.5. The van der Waals surface area contributed by atoms with Crippen LogP contribution in [-0.4, -0.2) is 35.3 Å². The van der Waals surface area contributed by atoms with Crippen LogP contribution in [0, 0.1) is 0 Å². The number of fused-ring (bicyclic) bond motifs is 2. The largest absolute Gasteiger partial charge is 0.497 e. The van der Waals surface area contributed by atoms with E-state index in [1.807, 2.05) is 43.3 Å². The SMILES string of the molecule is COc1ccc(C2CC(C(F)F)n3ncc(C(=O)N4c5ccccc5CC4C)c3N2)cc1. The molecule has 5 rings (SSSR count). The van der Waals surface area contributed by atoms with Crippen molar-refractivity contribution in [2.24, 2.45) is 0 Å². The number of methoxy groups -OCH3 is 1. The molecule has 0 bridgehead atoms. The standard InChI is InChI=1S/C24H24F2N4O2/c1-14-11-16-5-3-4-6-20(16)29(14)24(31)18-13-27-30-21(22(25)26)12-19(28-23(18)30)15-7-9-17(32-2)10-8-15/h3-10,13-14,19,21-22,28H,11-12H2,1-2H3. The van der Waals surface area contributed by atoms with Crippen LogP contribution in [0.15, 0.2) is 54.7 Å². The number of rotatable bonds is 4. The van der Waals surface area contributed by atoms with E-state index in [0.29, 0.717) is 17.1 Å². The highest BCUT2D eigenvalue weighted by Gasteiger charge is 2.39. The number of carbonyl (C=O) groups excluding carboxylic acids is 1. The molecule has 2 aliphatic heterocycles. The molecule has 0 fully saturated rings. The second-order valence-electron chi connectivity index (χ2n) is 8.32. The molecule has 0 saturated carbocycles. The van der Waals surface area contributed by atoms with Crippen molar-refractivity contribution in [1.82, 2.24) is 9.78 Å². The molecule has 8 heteroatoms. The van der Waals surface area contributed by atoms with Crippen LogP contribution < -0.4 is 15.0 Å². The molecule has 0 radical (unpaired) electrons. The lowest BCUT2D eigenvalue weighted by Crippen LogP contribution is -2.37. The van der Waals surface area contributed by atoms with E-state index in [2.05, 4.69) is 10.4 Å². The molecule has 3 aromatic rings. The maximum absolute atomic E-state index is 14.0. The van der Waals surface area contributed by atoms with Gasteiger partial charge in [0, 0.05) is 11.7 Å². The van der Waals surface area contributed by atoms with Crippen molar-refractivity contribution < 1.29 is 18.3 Å². The van der Waals surface area contributed by atoms with E-state index in [9.17, 15) is 13.6 Å². The molecule has 0 aliphatic carbocycles. The van der Waals surface area contributed by atoms with Gasteiger partial charge in [-0.1, -0.05) is 30.3 Å². The Balaban J connectivity index is 1.52. The van der Waals surface area contributed by atoms with Gasteiger partial charge >= 0.3 is 0 Å². The van der Waals surface area contributed by atoms with Crippen LogP contribution in [-0.2, 0) is 6.42 Å². The second-order valence-corrected chi connectivity index (χ2v) is 8.32. The first-order valence-corrected chi connectivity index (χ1v) is 10.7. The van der Waals surface area contributed by atoms with Crippen molar-refractivity contribution in [3.63, 3.8) is 0 Å². The molecule has 1 N–H and O–H groups in total. The van der Waals surface area contributed by atoms with Crippen molar-refractivity contribution in [3.05, 3.63) is 71.4 Å². The number of nitrogens with zero attached hydrogens (tertiary/aromatic N) is 3. The molecule has 166 valence electrons. The molecule has 2 aromatic carbocycles. The van der Waals surface area contributed by atoms with E-state index in [1.54, 1.807) is 24.1 Å². The van der Waals surface area contributed by atoms with E-state index < -0.39 is 12.5 Å². The Hall–Kier alpha value is -3.42. The number of carbonyl (C=O) groups is 1. The molecule has 3 atom stereocenters. The van der Waals surface area contributed by atoms with Gasteiger partial charge in [-0.05, 0) is 49.1 Å². The van der Waals surface area contributed by atoms with Gasteiger partial charge in [-0.15, -0.1) is 0 Å². The fraction of sp³-hybridized carbons (Fsp3) is 0.333. The third kappa shape index (κ3) is 3.30. The van der Waals surface area contributed by atoms with Crippen molar-refractivity contribution in [2.75, 3.05) is 17.3 Å². The number of hydrogen-bond acceptors (Lipinski definition) is 4. The van der Waals surface area contributed by atoms with Gasteiger partial charge < -0.3 is 15.0 Å². The minimum absolute atomic E-state index is 0.0256. The molecule has 1 amide bonds. The van der Waals surface area contributed by atoms with E-state index in [0.717, 1.165) is 23.2 Å². The smallest absolute Gasteiger partial charge is 0.263 e. The number of nitrogens with one attached hydrogen (secondary N) is 1. The maximum atomic E-state index is 14.0. The molecule has 3 unspecified atom stereocenters. The predicted octanol–water partition coefficient (Wildman–Crippen LogP) is 4.85. The van der Waals surface area contributed by atoms with Crippen LogP contribution in [0.3, 0.4) is 0 Å². The fourth-order valence-electron chi connectivity index (χ4n) is 4.75. The number of benzene rings is 2. The van der Waals surface area contributed by atoms with Crippen molar-refractivity contribution >= 4 is 17.4 Å². The van der Waals surface area contributed by atoms with Crippen molar-refractivity contribution in [1.29, 1.82) is 0 Å². The normalized spacial score (nSPS) is 21.8. The van der Waals surface area contributed by atoms with Crippen LogP contribution in [0.1, 0.15) is 46.9 Å². The van der Waals surface area contributed by atoms with Gasteiger partial charge in [-0.2, -0.15) is 5.10 Å². The van der Waals surface area contributed by atoms with Crippen molar-refractivity contribution in [2.45, 2.75) is 44.3 Å². The zero-order chi connectivity index (χ0) is 22.4. The lowest BCUT2D eigenvalue weighted by molar-refractivity contribution is 0.0657. The summed E-state index contributed by atoms with van der Waals surface area (Å²) >= 11 is 0. The van der Waals surface area contributed by atoms with Gasteiger partial charge in [-0.25, -0.2) is 13.5 Å². The maximum Gasteiger partial charge on any atom is 0.263 e. The number of para-hydroxylation sites is 1. The Kier molecular flexibility index (Phi) is 5.07. The number of hydrogen-bond donors (Lipinski definition) is 1. The molecule has 0 spiro atoms. The predicted molar refractivity (Wildman–Crippen MR) is 118 cm³/mol. The van der Waals surface area contributed by atoms with E-state index in [4.69, 9.17) is 4.74 Å². The van der Waals surface area contributed by atoms with E-state index >= 15 is 0 Å². The summed E-state index contributed by atoms with van der Waals surface area (Å²) in [5.41, 5.74) is 3.11. The Morgan fingerprint density at radius 2 is 1.94 bits per heavy atom. The van der Waals surface area contributed by atoms with Gasteiger partial charge in [0.05, 0.1) is 19.3 Å². The number of amides is 1. The molecular weight excluding hydrogens is 414 g/mol. The lowest BCUT2D eigenvalue weighted by Gasteiger charge is -2.33. The zero-order valence-corrected chi connectivity index (χ0v) is 17.8. The molecule has 1 aromatic heterocycles. The minimum Gasteiger partial charge on any atom is -0.497 e. The van der Waals surface area contributed by atoms with Crippen LogP contribution >= 0.6 is 0 Å². The number of halogens is 2. The second kappa shape index (κ2) is 7.93. The third-order valence-corrected chi connectivity index (χ3v) is 6.36. The summed E-state index contributed by atoms with van der Waals surface area (Å²) in [6, 6.07) is 13.6. The topological polar surface area (TPSA) is 59.4 Å². The number of anilines is 2. The average Bonchev–Trinajstić information content (AvgIpc) is 3.38. The Labute approximate surface area is 184 Å². The minimum atomic E-state index is -2.61. The number of alkyl halides is 2. The van der Waals surface area contributed by atoms with Crippen LogP contribution in [0.25, 0.3) is 0 Å². The summed E-state index contributed by atoms with van der Waals surface area (Å²) in [5, 5.41) is 7.50. The van der Waals surface area contributed by atoms with E-state index in [-0.39, 0.29) is 24.4 Å². The highest BCUT2D eigenvalue weighted by Crippen LogP contribution is 2.41. The highest BCUT2D eigenvalue weighted by molar-refractivity contribution is 6.10. The fourth-order valence-corrected chi connectivity index (χ4v) is 4.75. The molecule has 3 heterocycles. The summed E-state index contributed by atoms with van der Waals surface area (Å²) in [6.07, 6.45) is -0.280. The summed E-state index contributed by atoms with van der Waals surface area (Å²) in [6.45, 7) is 1.99. The zero-order valence-electron chi connectivity index (χ0n) is 17.8. The number of ether oxygens (including phenoxy) is 1. The average molecular weight is 438 g/mol. The molecular formula is C24H24F2N4O2. The Morgan fingerprint density at radius 1 is 1.19 bits per heavy atom. The monoisotopic (exact) mass is 438 g/mol. The summed E-state index contributed by atoms with van der Waals surface area (Å²) in [4.78, 5) is 15.3. The van der Waals surface area contributed by atoms with Gasteiger partial charge in [-0.3, -0.25) is 4.79 Å². The molecule has 0 saturated heterocycles. The highest BCUT2D eigenvalue weighted by atomic mass is 19.3. The summed E-state index contributed by atoms with van der Waals surface area (Å²) in [7, 11) is 1.58. The van der Waals surface area contributed by atoms with Gasteiger partial charge in [0.15, 0.2) is 0 Å². The lowest BCUT2D eigenvalue weighted by atomic mass is 9.97. The van der Waals surface area contributed by atoms with Crippen LogP contribution in [0.2, 0.25) is 0 Å². The molecule has 32 heavy (non-hydrogen) atoms. The molecule has 2 aliphatic rings.